The van der Waals surface area contributed by atoms with E-state index in [4.69, 9.17) is 4.74 Å². The Labute approximate surface area is 113 Å². The van der Waals surface area contributed by atoms with Crippen molar-refractivity contribution in [1.29, 1.82) is 0 Å². The van der Waals surface area contributed by atoms with E-state index < -0.39 is 6.09 Å². The average molecular weight is 261 g/mol. The highest BCUT2D eigenvalue weighted by Gasteiger charge is 2.35. The molecule has 102 valence electrons. The van der Waals surface area contributed by atoms with Gasteiger partial charge < -0.3 is 9.64 Å². The molecule has 1 fully saturated rings. The molecule has 0 radical (unpaired) electrons. The molecule has 4 nitrogen and oxygen atoms in total. The van der Waals surface area contributed by atoms with E-state index in [1.165, 1.54) is 4.90 Å². The first-order chi connectivity index (χ1) is 9.08. The summed E-state index contributed by atoms with van der Waals surface area (Å²) in [6, 6.07) is 9.52. The molecule has 1 aliphatic heterocycles. The molecule has 1 aromatic rings. The van der Waals surface area contributed by atoms with Crippen molar-refractivity contribution in [2.45, 2.75) is 20.5 Å². The minimum Gasteiger partial charge on any atom is -0.445 e. The summed E-state index contributed by atoms with van der Waals surface area (Å²) in [6.45, 7) is 4.90. The molecular weight excluding hydrogens is 242 g/mol. The Morgan fingerprint density at radius 2 is 2.05 bits per heavy atom. The molecule has 1 aliphatic rings. The van der Waals surface area contributed by atoms with Gasteiger partial charge in [-0.3, -0.25) is 4.79 Å². The number of hydrogen-bond acceptors (Lipinski definition) is 3. The third-order valence-electron chi connectivity index (χ3n) is 3.45. The Morgan fingerprint density at radius 1 is 1.37 bits per heavy atom. The van der Waals surface area contributed by atoms with E-state index in [1.54, 1.807) is 0 Å². The van der Waals surface area contributed by atoms with Crippen LogP contribution in [0.15, 0.2) is 30.3 Å². The molecule has 0 spiro atoms. The number of benzene rings is 1. The molecule has 1 heterocycles. The highest BCUT2D eigenvalue weighted by molar-refractivity contribution is 5.89. The number of rotatable bonds is 3. The van der Waals surface area contributed by atoms with Crippen LogP contribution < -0.4 is 0 Å². The summed E-state index contributed by atoms with van der Waals surface area (Å²) < 4.78 is 5.22. The molecule has 0 bridgehead atoms. The predicted molar refractivity (Wildman–Crippen MR) is 71.5 cm³/mol. The van der Waals surface area contributed by atoms with Gasteiger partial charge in [0, 0.05) is 12.5 Å². The first-order valence-corrected chi connectivity index (χ1v) is 6.56. The van der Waals surface area contributed by atoms with E-state index >= 15 is 0 Å². The summed E-state index contributed by atoms with van der Waals surface area (Å²) in [6.07, 6.45) is -0.402. The minimum atomic E-state index is -0.402. The summed E-state index contributed by atoms with van der Waals surface area (Å²) in [5, 5.41) is 0. The molecule has 1 aromatic carbocycles. The number of hydrogen-bond donors (Lipinski definition) is 0. The first-order valence-electron chi connectivity index (χ1n) is 6.56. The molecule has 0 N–H and O–H groups in total. The van der Waals surface area contributed by atoms with E-state index in [2.05, 4.69) is 0 Å². The van der Waals surface area contributed by atoms with Crippen molar-refractivity contribution in [3.63, 3.8) is 0 Å². The molecule has 1 saturated heterocycles. The third-order valence-corrected chi connectivity index (χ3v) is 3.45. The number of Topliss-reactive ketones (excluding diaryl/α,β-unsaturated/α-hetero) is 1. The van der Waals surface area contributed by atoms with Crippen LogP contribution in [0.5, 0.6) is 0 Å². The zero-order valence-corrected chi connectivity index (χ0v) is 11.3. The monoisotopic (exact) mass is 261 g/mol. The highest BCUT2D eigenvalue weighted by atomic mass is 16.6. The Balaban J connectivity index is 1.86. The fourth-order valence-electron chi connectivity index (χ4n) is 2.24. The normalized spacial score (nSPS) is 19.0. The zero-order chi connectivity index (χ0) is 13.8. The molecule has 0 saturated carbocycles. The molecule has 2 rings (SSSR count). The van der Waals surface area contributed by atoms with Crippen molar-refractivity contribution in [3.05, 3.63) is 35.9 Å². The number of amides is 1. The molecule has 1 amide bonds. The first kappa shape index (κ1) is 13.6. The van der Waals surface area contributed by atoms with Gasteiger partial charge in [0.15, 0.2) is 5.78 Å². The smallest absolute Gasteiger partial charge is 0.410 e. The topological polar surface area (TPSA) is 46.6 Å². The Morgan fingerprint density at radius 3 is 2.63 bits per heavy atom. The largest absolute Gasteiger partial charge is 0.445 e. The second-order valence-electron chi connectivity index (χ2n) is 5.24. The van der Waals surface area contributed by atoms with Crippen LogP contribution in [0.3, 0.4) is 0 Å². The lowest BCUT2D eigenvalue weighted by molar-refractivity contribution is -0.120. The van der Waals surface area contributed by atoms with Crippen LogP contribution in [-0.4, -0.2) is 29.9 Å². The zero-order valence-electron chi connectivity index (χ0n) is 11.3. The Bertz CT molecular complexity index is 456. The van der Waals surface area contributed by atoms with Crippen LogP contribution in [0.1, 0.15) is 19.4 Å². The van der Waals surface area contributed by atoms with Gasteiger partial charge in [-0.25, -0.2) is 4.79 Å². The number of ketones is 1. The number of ether oxygens (including phenoxy) is 1. The van der Waals surface area contributed by atoms with Gasteiger partial charge in [0.1, 0.15) is 6.61 Å². The second kappa shape index (κ2) is 5.87. The van der Waals surface area contributed by atoms with Crippen molar-refractivity contribution in [2.24, 2.45) is 11.8 Å². The quantitative estimate of drug-likeness (QED) is 0.839. The molecule has 4 heteroatoms. The molecule has 0 aromatic heterocycles. The van der Waals surface area contributed by atoms with Crippen LogP contribution >= 0.6 is 0 Å². The summed E-state index contributed by atoms with van der Waals surface area (Å²) in [5.74, 6) is 0.343. The van der Waals surface area contributed by atoms with E-state index in [0.717, 1.165) is 5.56 Å². The van der Waals surface area contributed by atoms with E-state index in [9.17, 15) is 9.59 Å². The molecule has 0 aliphatic carbocycles. The van der Waals surface area contributed by atoms with Crippen molar-refractivity contribution >= 4 is 11.9 Å². The van der Waals surface area contributed by atoms with Crippen molar-refractivity contribution < 1.29 is 14.3 Å². The number of carbonyl (C=O) groups excluding carboxylic acids is 2. The lowest BCUT2D eigenvalue weighted by Crippen LogP contribution is -2.30. The van der Waals surface area contributed by atoms with Crippen LogP contribution in [0, 0.1) is 11.8 Å². The SMILES string of the molecule is CC(C)C1CN(C(=O)OCc2ccccc2)CC1=O. The maximum absolute atomic E-state index is 11.9. The van der Waals surface area contributed by atoms with Gasteiger partial charge in [-0.1, -0.05) is 44.2 Å². The molecular formula is C15H19NO3. The number of nitrogens with zero attached hydrogens (tertiary/aromatic N) is 1. The summed E-state index contributed by atoms with van der Waals surface area (Å²) >= 11 is 0. The Kier molecular flexibility index (Phi) is 4.20. The van der Waals surface area contributed by atoms with Gasteiger partial charge in [0.05, 0.1) is 6.54 Å². The lowest BCUT2D eigenvalue weighted by atomic mass is 9.94. The minimum absolute atomic E-state index is 0.0516. The second-order valence-corrected chi connectivity index (χ2v) is 5.24. The molecule has 1 atom stereocenters. The average Bonchev–Trinajstić information content (AvgIpc) is 2.79. The van der Waals surface area contributed by atoms with Gasteiger partial charge in [0.25, 0.3) is 0 Å². The van der Waals surface area contributed by atoms with Crippen LogP contribution in [-0.2, 0) is 16.1 Å². The Hall–Kier alpha value is -1.84. The van der Waals surface area contributed by atoms with E-state index in [-0.39, 0.29) is 30.8 Å². The van der Waals surface area contributed by atoms with Crippen LogP contribution in [0.2, 0.25) is 0 Å². The maximum Gasteiger partial charge on any atom is 0.410 e. The fourth-order valence-corrected chi connectivity index (χ4v) is 2.24. The van der Waals surface area contributed by atoms with Gasteiger partial charge in [0.2, 0.25) is 0 Å². The maximum atomic E-state index is 11.9. The van der Waals surface area contributed by atoms with Gasteiger partial charge in [-0.15, -0.1) is 0 Å². The predicted octanol–water partition coefficient (Wildman–Crippen LogP) is 2.48. The summed E-state index contributed by atoms with van der Waals surface area (Å²) in [5.41, 5.74) is 0.946. The van der Waals surface area contributed by atoms with Gasteiger partial charge >= 0.3 is 6.09 Å². The number of carbonyl (C=O) groups is 2. The van der Waals surface area contributed by atoms with E-state index in [1.807, 2.05) is 44.2 Å². The van der Waals surface area contributed by atoms with E-state index in [0.29, 0.717) is 6.54 Å². The molecule has 1 unspecified atom stereocenters. The van der Waals surface area contributed by atoms with Gasteiger partial charge in [-0.2, -0.15) is 0 Å². The lowest BCUT2D eigenvalue weighted by Gasteiger charge is -2.16. The molecule has 19 heavy (non-hydrogen) atoms. The van der Waals surface area contributed by atoms with Crippen LogP contribution in [0.4, 0.5) is 4.79 Å². The summed E-state index contributed by atoms with van der Waals surface area (Å²) in [7, 11) is 0. The van der Waals surface area contributed by atoms with Gasteiger partial charge in [-0.05, 0) is 11.5 Å². The van der Waals surface area contributed by atoms with Crippen molar-refractivity contribution in [1.82, 2.24) is 4.90 Å². The standard InChI is InChI=1S/C15H19NO3/c1-11(2)13-8-16(9-14(13)17)15(18)19-10-12-6-4-3-5-7-12/h3-7,11,13H,8-10H2,1-2H3. The summed E-state index contributed by atoms with van der Waals surface area (Å²) in [4.78, 5) is 25.1. The number of likely N-dealkylation sites (tertiary alicyclic amines) is 1. The highest BCUT2D eigenvalue weighted by Crippen LogP contribution is 2.21. The third kappa shape index (κ3) is 3.34. The van der Waals surface area contributed by atoms with Crippen LogP contribution in [0.25, 0.3) is 0 Å². The van der Waals surface area contributed by atoms with Crippen molar-refractivity contribution in [2.75, 3.05) is 13.1 Å². The fraction of sp³-hybridized carbons (Fsp3) is 0.467. The van der Waals surface area contributed by atoms with Crippen molar-refractivity contribution in [3.8, 4) is 0 Å².